The number of rotatable bonds is 23. The summed E-state index contributed by atoms with van der Waals surface area (Å²) in [5.41, 5.74) is 22.3. The van der Waals surface area contributed by atoms with Crippen molar-refractivity contribution in [3.05, 3.63) is 29.8 Å². The number of aliphatic carboxylic acids is 1. The Kier molecular flexibility index (Phi) is 18.5. The van der Waals surface area contributed by atoms with Crippen molar-refractivity contribution in [2.24, 2.45) is 22.9 Å². The van der Waals surface area contributed by atoms with Crippen LogP contribution in [-0.2, 0) is 40.0 Å². The maximum atomic E-state index is 13.6. The molecule has 0 fully saturated rings. The van der Waals surface area contributed by atoms with Crippen molar-refractivity contribution in [1.29, 1.82) is 0 Å². The molecule has 14 N–H and O–H groups in total. The number of hydrogen-bond acceptors (Lipinski definition) is 11. The van der Waals surface area contributed by atoms with Crippen LogP contribution in [0.1, 0.15) is 50.5 Å². The highest BCUT2D eigenvalue weighted by atomic mass is 32.2. The van der Waals surface area contributed by atoms with Crippen molar-refractivity contribution in [3.8, 4) is 5.75 Å². The van der Waals surface area contributed by atoms with Gasteiger partial charge in [0.25, 0.3) is 0 Å². The van der Waals surface area contributed by atoms with Gasteiger partial charge in [-0.3, -0.25) is 28.8 Å². The zero-order valence-electron chi connectivity index (χ0n) is 26.2. The van der Waals surface area contributed by atoms with Gasteiger partial charge in [0.1, 0.15) is 29.9 Å². The molecule has 1 aromatic carbocycles. The number of phenols is 1. The summed E-state index contributed by atoms with van der Waals surface area (Å²) in [4.78, 5) is 87.1. The number of aromatic hydroxyl groups is 1. The van der Waals surface area contributed by atoms with Crippen LogP contribution in [0.5, 0.6) is 5.75 Å². The van der Waals surface area contributed by atoms with Crippen LogP contribution in [0.3, 0.4) is 0 Å². The third kappa shape index (κ3) is 16.1. The third-order valence-electron chi connectivity index (χ3n) is 6.89. The van der Waals surface area contributed by atoms with E-state index >= 15 is 0 Å². The van der Waals surface area contributed by atoms with Crippen LogP contribution in [-0.4, -0.2) is 100 Å². The molecule has 0 saturated heterocycles. The number of nitrogens with one attached hydrogen (secondary N) is 4. The van der Waals surface area contributed by atoms with Crippen molar-refractivity contribution in [3.63, 3.8) is 0 Å². The number of thioether (sulfide) groups is 1. The average molecular weight is 683 g/mol. The SMILES string of the molecule is CSCC[C@H](NC(=O)[C@H](CCCCN)NC(=O)[C@H](Cc1ccc(O)cc1)NC(=O)[C@@H](N)CCC(N)=O)C(=O)N[C@@H](CC(N)=O)C(=O)O. The van der Waals surface area contributed by atoms with Gasteiger partial charge in [-0.15, -0.1) is 0 Å². The Bertz CT molecular complexity index is 1230. The molecular weight excluding hydrogens is 636 g/mol. The van der Waals surface area contributed by atoms with Crippen molar-refractivity contribution >= 4 is 53.2 Å². The van der Waals surface area contributed by atoms with Gasteiger partial charge in [-0.05, 0) is 68.4 Å². The Balaban J connectivity index is 3.25. The minimum absolute atomic E-state index is 0.0201. The van der Waals surface area contributed by atoms with Gasteiger partial charge in [0.15, 0.2) is 0 Å². The molecule has 262 valence electrons. The molecule has 47 heavy (non-hydrogen) atoms. The van der Waals surface area contributed by atoms with E-state index in [1.54, 1.807) is 6.26 Å². The molecule has 17 nitrogen and oxygen atoms in total. The number of unbranched alkanes of at least 4 members (excludes halogenated alkanes) is 1. The van der Waals surface area contributed by atoms with E-state index in [1.165, 1.54) is 36.0 Å². The summed E-state index contributed by atoms with van der Waals surface area (Å²) >= 11 is 1.37. The highest BCUT2D eigenvalue weighted by molar-refractivity contribution is 7.98. The lowest BCUT2D eigenvalue weighted by Crippen LogP contribution is -2.59. The lowest BCUT2D eigenvalue weighted by atomic mass is 10.0. The normalized spacial score (nSPS) is 14.0. The number of benzene rings is 1. The number of phenolic OH excluding ortho intramolecular Hbond substituents is 1. The number of amides is 6. The Morgan fingerprint density at radius 2 is 1.28 bits per heavy atom. The van der Waals surface area contributed by atoms with E-state index in [1.807, 2.05) is 0 Å². The molecule has 18 heteroatoms. The molecule has 0 bridgehead atoms. The van der Waals surface area contributed by atoms with Gasteiger partial charge in [0.05, 0.1) is 12.5 Å². The minimum Gasteiger partial charge on any atom is -0.508 e. The Labute approximate surface area is 276 Å². The molecule has 1 aromatic rings. The number of carbonyl (C=O) groups excluding carboxylic acids is 6. The number of primary amides is 2. The average Bonchev–Trinajstić information content (AvgIpc) is 3.01. The summed E-state index contributed by atoms with van der Waals surface area (Å²) in [7, 11) is 0. The van der Waals surface area contributed by atoms with Crippen molar-refractivity contribution in [2.45, 2.75) is 81.6 Å². The van der Waals surface area contributed by atoms with Gasteiger partial charge < -0.3 is 54.4 Å². The predicted octanol–water partition coefficient (Wildman–Crippen LogP) is -2.69. The largest absolute Gasteiger partial charge is 0.508 e. The Morgan fingerprint density at radius 3 is 1.79 bits per heavy atom. The van der Waals surface area contributed by atoms with Crippen LogP contribution in [0.25, 0.3) is 0 Å². The van der Waals surface area contributed by atoms with E-state index in [-0.39, 0.29) is 37.9 Å². The second-order valence-corrected chi connectivity index (χ2v) is 11.8. The van der Waals surface area contributed by atoms with Crippen LogP contribution in [0.4, 0.5) is 0 Å². The monoisotopic (exact) mass is 682 g/mol. The summed E-state index contributed by atoms with van der Waals surface area (Å²) < 4.78 is 0. The maximum absolute atomic E-state index is 13.6. The summed E-state index contributed by atoms with van der Waals surface area (Å²) in [5, 5.41) is 29.0. The van der Waals surface area contributed by atoms with Crippen molar-refractivity contribution in [2.75, 3.05) is 18.6 Å². The molecule has 5 atom stereocenters. The van der Waals surface area contributed by atoms with Crippen LogP contribution in [0.15, 0.2) is 24.3 Å². The topological polar surface area (TPSA) is 312 Å². The van der Waals surface area contributed by atoms with Gasteiger partial charge in [-0.1, -0.05) is 12.1 Å². The summed E-state index contributed by atoms with van der Waals surface area (Å²) in [6, 6.07) is -0.602. The van der Waals surface area contributed by atoms with Crippen molar-refractivity contribution in [1.82, 2.24) is 21.3 Å². The van der Waals surface area contributed by atoms with E-state index in [4.69, 9.17) is 22.9 Å². The molecule has 0 aliphatic heterocycles. The van der Waals surface area contributed by atoms with Crippen molar-refractivity contribution < 1.29 is 43.8 Å². The number of hydrogen-bond donors (Lipinski definition) is 10. The highest BCUT2D eigenvalue weighted by Gasteiger charge is 2.32. The van der Waals surface area contributed by atoms with Gasteiger partial charge in [-0.25, -0.2) is 4.79 Å². The van der Waals surface area contributed by atoms with Gasteiger partial charge in [0.2, 0.25) is 35.4 Å². The Morgan fingerprint density at radius 1 is 0.745 bits per heavy atom. The minimum atomic E-state index is -1.62. The predicted molar refractivity (Wildman–Crippen MR) is 173 cm³/mol. The summed E-state index contributed by atoms with van der Waals surface area (Å²) in [5.74, 6) is -5.86. The summed E-state index contributed by atoms with van der Waals surface area (Å²) in [6.45, 7) is 0.306. The number of carboxylic acid groups (broad SMARTS) is 1. The molecule has 0 saturated carbocycles. The number of carboxylic acids is 1. The third-order valence-corrected chi connectivity index (χ3v) is 7.54. The summed E-state index contributed by atoms with van der Waals surface area (Å²) in [6.07, 6.45) is 1.91. The smallest absolute Gasteiger partial charge is 0.326 e. The highest BCUT2D eigenvalue weighted by Crippen LogP contribution is 2.13. The number of nitrogens with two attached hydrogens (primary N) is 4. The first-order valence-corrected chi connectivity index (χ1v) is 16.3. The molecule has 0 unspecified atom stereocenters. The van der Waals surface area contributed by atoms with Crippen LogP contribution < -0.4 is 44.2 Å². The standard InChI is InChI=1S/C29H46N8O9S/c1-47-13-11-20(27(43)37-22(29(45)46)15-24(33)40)35-26(42)19(4-2-3-12-30)34-28(44)21(14-16-5-7-17(38)8-6-16)36-25(41)18(31)9-10-23(32)39/h5-8,18-22,38H,2-4,9-15,30-31H2,1H3,(H2,32,39)(H2,33,40)(H,34,44)(H,35,42)(H,36,41)(H,37,43)(H,45,46)/t18-,19-,20-,21-,22-/m0/s1. The fourth-order valence-electron chi connectivity index (χ4n) is 4.27. The molecular formula is C29H46N8O9S. The van der Waals surface area contributed by atoms with Crippen LogP contribution >= 0.6 is 11.8 Å². The molecule has 0 aromatic heterocycles. The first kappa shape index (κ1) is 40.6. The lowest BCUT2D eigenvalue weighted by molar-refractivity contribution is -0.143. The second-order valence-electron chi connectivity index (χ2n) is 10.8. The van der Waals surface area contributed by atoms with E-state index in [0.29, 0.717) is 30.7 Å². The van der Waals surface area contributed by atoms with Gasteiger partial charge >= 0.3 is 5.97 Å². The lowest BCUT2D eigenvalue weighted by Gasteiger charge is -2.26. The first-order chi connectivity index (χ1) is 22.2. The van der Waals surface area contributed by atoms with Crippen LogP contribution in [0, 0.1) is 0 Å². The molecule has 0 spiro atoms. The molecule has 0 radical (unpaired) electrons. The molecule has 0 aliphatic carbocycles. The first-order valence-electron chi connectivity index (χ1n) is 14.9. The second kappa shape index (κ2) is 21.4. The fraction of sp³-hybridized carbons (Fsp3) is 0.552. The molecule has 0 heterocycles. The van der Waals surface area contributed by atoms with E-state index in [2.05, 4.69) is 21.3 Å². The number of carbonyl (C=O) groups is 7. The van der Waals surface area contributed by atoms with E-state index in [0.717, 1.165) is 0 Å². The zero-order chi connectivity index (χ0) is 35.5. The Hall–Kier alpha value is -4.42. The van der Waals surface area contributed by atoms with Gasteiger partial charge in [-0.2, -0.15) is 11.8 Å². The maximum Gasteiger partial charge on any atom is 0.326 e. The fourth-order valence-corrected chi connectivity index (χ4v) is 4.74. The van der Waals surface area contributed by atoms with Gasteiger partial charge in [0, 0.05) is 12.8 Å². The molecule has 6 amide bonds. The molecule has 1 rings (SSSR count). The quantitative estimate of drug-likeness (QED) is 0.0528. The zero-order valence-corrected chi connectivity index (χ0v) is 27.1. The van der Waals surface area contributed by atoms with E-state index in [9.17, 15) is 43.8 Å². The van der Waals surface area contributed by atoms with E-state index < -0.39 is 78.0 Å². The molecule has 0 aliphatic rings. The van der Waals surface area contributed by atoms with Crippen LogP contribution in [0.2, 0.25) is 0 Å².